The normalized spacial score (nSPS) is 12.3. The summed E-state index contributed by atoms with van der Waals surface area (Å²) in [7, 11) is 0. The predicted molar refractivity (Wildman–Crippen MR) is 258 cm³/mol. The minimum absolute atomic E-state index is 0.705. The lowest BCUT2D eigenvalue weighted by Gasteiger charge is -2.13. The van der Waals surface area contributed by atoms with Crippen LogP contribution in [0.25, 0.3) is 106 Å². The van der Waals surface area contributed by atoms with Gasteiger partial charge in [0.05, 0.1) is 27.9 Å². The summed E-state index contributed by atoms with van der Waals surface area (Å²) in [4.78, 5) is 10.1. The Kier molecular flexibility index (Phi) is 8.60. The van der Waals surface area contributed by atoms with Gasteiger partial charge in [0.1, 0.15) is 0 Å². The van der Waals surface area contributed by atoms with Crippen molar-refractivity contribution in [1.29, 1.82) is 0 Å². The second-order valence-corrected chi connectivity index (χ2v) is 16.1. The van der Waals surface area contributed by atoms with E-state index in [-0.39, 0.29) is 0 Å². The molecule has 0 unspecified atom stereocenters. The van der Waals surface area contributed by atoms with Gasteiger partial charge >= 0.3 is 0 Å². The third-order valence-corrected chi connectivity index (χ3v) is 12.4. The average molecular weight is 793 g/mol. The first-order valence-electron chi connectivity index (χ1n) is 21.4. The van der Waals surface area contributed by atoms with Gasteiger partial charge in [0, 0.05) is 55.5 Å². The highest BCUT2D eigenvalue weighted by atomic mass is 15.0. The van der Waals surface area contributed by atoms with Gasteiger partial charge in [-0.05, 0) is 89.7 Å². The van der Waals surface area contributed by atoms with Crippen molar-refractivity contribution in [3.8, 4) is 67.5 Å². The van der Waals surface area contributed by atoms with Crippen molar-refractivity contribution in [1.82, 2.24) is 19.1 Å². The Bertz CT molecular complexity index is 3430. The Balaban J connectivity index is 0.935. The predicted octanol–water partition coefficient (Wildman–Crippen LogP) is 14.8. The van der Waals surface area contributed by atoms with Gasteiger partial charge in [0.25, 0.3) is 0 Å². The fraction of sp³-hybridized carbons (Fsp3) is 0.0345. The van der Waals surface area contributed by atoms with Crippen LogP contribution in [-0.2, 0) is 6.42 Å². The van der Waals surface area contributed by atoms with Crippen molar-refractivity contribution in [3.63, 3.8) is 0 Å². The first-order chi connectivity index (χ1) is 30.7. The van der Waals surface area contributed by atoms with Crippen molar-refractivity contribution in [3.05, 3.63) is 224 Å². The van der Waals surface area contributed by atoms with Crippen LogP contribution in [0, 0.1) is 0 Å². The first-order valence-corrected chi connectivity index (χ1v) is 21.4. The number of fused-ring (bicyclic) bond motifs is 6. The third kappa shape index (κ3) is 6.15. The zero-order chi connectivity index (χ0) is 41.0. The van der Waals surface area contributed by atoms with E-state index < -0.39 is 0 Å². The molecular weight excluding hydrogens is 753 g/mol. The number of aromatic nitrogens is 4. The van der Waals surface area contributed by atoms with Crippen LogP contribution in [0.2, 0.25) is 0 Å². The van der Waals surface area contributed by atoms with Crippen molar-refractivity contribution >= 4 is 38.8 Å². The molecule has 4 nitrogen and oxygen atoms in total. The van der Waals surface area contributed by atoms with Crippen molar-refractivity contribution in [2.45, 2.75) is 12.8 Å². The van der Waals surface area contributed by atoms with Crippen LogP contribution < -0.4 is 0 Å². The summed E-state index contributed by atoms with van der Waals surface area (Å²) >= 11 is 0. The highest BCUT2D eigenvalue weighted by Gasteiger charge is 2.20. The molecule has 12 rings (SSSR count). The van der Waals surface area contributed by atoms with Gasteiger partial charge in [-0.1, -0.05) is 164 Å². The van der Waals surface area contributed by atoms with E-state index in [4.69, 9.17) is 9.97 Å². The highest BCUT2D eigenvalue weighted by molar-refractivity contribution is 6.10. The van der Waals surface area contributed by atoms with E-state index in [1.807, 2.05) is 12.1 Å². The molecule has 0 bridgehead atoms. The summed E-state index contributed by atoms with van der Waals surface area (Å²) in [6, 6.07) is 73.8. The second-order valence-electron chi connectivity index (χ2n) is 16.1. The standard InChI is InChI=1S/C58H40N4/c1-4-15-40(16-5-1)52-38-53(41-17-6-2-7-18-41)60-58(59-52)42-29-27-39(28-30-42)45-31-33-50-48-23-10-12-25-54(48)62(57(50)37-45)47-22-14-19-43(35-47)44-32-34-56-51(36-44)49-24-11-13-26-55(49)61(56)46-20-8-3-9-21-46/h1-12,14-25,27-38H,13,26H2. The van der Waals surface area contributed by atoms with E-state index in [9.17, 15) is 0 Å². The Morgan fingerprint density at radius 1 is 0.355 bits per heavy atom. The van der Waals surface area contributed by atoms with Gasteiger partial charge in [0.2, 0.25) is 0 Å². The SMILES string of the molecule is C1=Cc2c(n(-c3ccccc3)c3ccc(-c4cccc(-n5c6ccccc6c6ccc(-c7ccc(-c8nc(-c9ccccc9)cc(-c9ccccc9)n8)cc7)cc65)c4)cc23)CC1. The van der Waals surface area contributed by atoms with Gasteiger partial charge in [-0.2, -0.15) is 0 Å². The molecule has 292 valence electrons. The summed E-state index contributed by atoms with van der Waals surface area (Å²) in [5.74, 6) is 0.705. The molecule has 1 aliphatic carbocycles. The van der Waals surface area contributed by atoms with Crippen LogP contribution in [0.3, 0.4) is 0 Å². The Hall–Kier alpha value is -8.08. The van der Waals surface area contributed by atoms with Crippen molar-refractivity contribution in [2.75, 3.05) is 0 Å². The lowest BCUT2D eigenvalue weighted by Crippen LogP contribution is -2.02. The number of allylic oxidation sites excluding steroid dienone is 1. The Morgan fingerprint density at radius 2 is 0.919 bits per heavy atom. The molecule has 0 atom stereocenters. The van der Waals surface area contributed by atoms with E-state index >= 15 is 0 Å². The highest BCUT2D eigenvalue weighted by Crippen LogP contribution is 2.39. The molecule has 1 aliphatic rings. The Labute approximate surface area is 360 Å². The molecule has 0 saturated carbocycles. The summed E-state index contributed by atoms with van der Waals surface area (Å²) in [5.41, 5.74) is 18.3. The largest absolute Gasteiger partial charge is 0.313 e. The molecule has 62 heavy (non-hydrogen) atoms. The molecule has 3 aromatic heterocycles. The molecule has 0 aliphatic heterocycles. The van der Waals surface area contributed by atoms with E-state index in [1.54, 1.807) is 0 Å². The summed E-state index contributed by atoms with van der Waals surface area (Å²) in [6.07, 6.45) is 6.73. The summed E-state index contributed by atoms with van der Waals surface area (Å²) in [5, 5.41) is 3.76. The monoisotopic (exact) mass is 792 g/mol. The van der Waals surface area contributed by atoms with Crippen LogP contribution in [-0.4, -0.2) is 19.1 Å². The molecule has 0 N–H and O–H groups in total. The molecule has 0 fully saturated rings. The molecule has 0 radical (unpaired) electrons. The number of hydrogen-bond donors (Lipinski definition) is 0. The van der Waals surface area contributed by atoms with Crippen LogP contribution >= 0.6 is 0 Å². The van der Waals surface area contributed by atoms with Crippen LogP contribution in [0.1, 0.15) is 17.7 Å². The maximum absolute atomic E-state index is 5.07. The second kappa shape index (κ2) is 14.9. The van der Waals surface area contributed by atoms with Crippen LogP contribution in [0.5, 0.6) is 0 Å². The van der Waals surface area contributed by atoms with E-state index in [0.717, 1.165) is 57.7 Å². The third-order valence-electron chi connectivity index (χ3n) is 12.4. The number of rotatable bonds is 7. The molecule has 8 aromatic carbocycles. The number of nitrogens with zero attached hydrogens (tertiary/aromatic N) is 4. The number of para-hydroxylation sites is 2. The fourth-order valence-corrected chi connectivity index (χ4v) is 9.43. The van der Waals surface area contributed by atoms with Gasteiger partial charge in [0.15, 0.2) is 5.82 Å². The van der Waals surface area contributed by atoms with Gasteiger partial charge in [-0.3, -0.25) is 0 Å². The van der Waals surface area contributed by atoms with E-state index in [0.29, 0.717) is 5.82 Å². The van der Waals surface area contributed by atoms with Gasteiger partial charge in [-0.15, -0.1) is 0 Å². The molecule has 0 amide bonds. The molecule has 0 spiro atoms. The van der Waals surface area contributed by atoms with Crippen LogP contribution in [0.4, 0.5) is 0 Å². The van der Waals surface area contributed by atoms with Gasteiger partial charge < -0.3 is 9.13 Å². The van der Waals surface area contributed by atoms with Crippen molar-refractivity contribution < 1.29 is 0 Å². The molecular formula is C58H40N4. The maximum Gasteiger partial charge on any atom is 0.160 e. The number of benzene rings is 8. The Morgan fingerprint density at radius 3 is 1.68 bits per heavy atom. The summed E-state index contributed by atoms with van der Waals surface area (Å²) in [6.45, 7) is 0. The van der Waals surface area contributed by atoms with E-state index in [2.05, 4.69) is 215 Å². The van der Waals surface area contributed by atoms with Crippen LogP contribution in [0.15, 0.2) is 212 Å². The molecule has 3 heterocycles. The molecule has 0 saturated heterocycles. The minimum Gasteiger partial charge on any atom is -0.313 e. The maximum atomic E-state index is 5.07. The van der Waals surface area contributed by atoms with E-state index in [1.165, 1.54) is 60.8 Å². The van der Waals surface area contributed by atoms with Crippen molar-refractivity contribution in [2.24, 2.45) is 0 Å². The van der Waals surface area contributed by atoms with Gasteiger partial charge in [-0.25, -0.2) is 9.97 Å². The minimum atomic E-state index is 0.705. The fourth-order valence-electron chi connectivity index (χ4n) is 9.43. The molecule has 11 aromatic rings. The first kappa shape index (κ1) is 35.8. The lowest BCUT2D eigenvalue weighted by molar-refractivity contribution is 0.888. The quantitative estimate of drug-likeness (QED) is 0.161. The smallest absolute Gasteiger partial charge is 0.160 e. The average Bonchev–Trinajstić information content (AvgIpc) is 3.87. The zero-order valence-electron chi connectivity index (χ0n) is 34.0. The lowest BCUT2D eigenvalue weighted by atomic mass is 9.98. The number of hydrogen-bond acceptors (Lipinski definition) is 2. The summed E-state index contributed by atoms with van der Waals surface area (Å²) < 4.78 is 4.88. The topological polar surface area (TPSA) is 35.6 Å². The zero-order valence-corrected chi connectivity index (χ0v) is 34.0. The molecule has 4 heteroatoms.